The van der Waals surface area contributed by atoms with Gasteiger partial charge in [-0.15, -0.1) is 5.11 Å². The summed E-state index contributed by atoms with van der Waals surface area (Å²) in [5, 5.41) is 12.2. The molecule has 1 heterocycles. The maximum absolute atomic E-state index is 4.20. The van der Waals surface area contributed by atoms with Crippen LogP contribution in [0, 0.1) is 0 Å². The van der Waals surface area contributed by atoms with Crippen molar-refractivity contribution >= 4 is 5.69 Å². The van der Waals surface area contributed by atoms with Crippen LogP contribution in [0.1, 0.15) is 19.8 Å². The van der Waals surface area contributed by atoms with Crippen LogP contribution in [0.5, 0.6) is 0 Å². The minimum absolute atomic E-state index is 0.806. The van der Waals surface area contributed by atoms with Crippen molar-refractivity contribution in [2.24, 2.45) is 22.5 Å². The maximum atomic E-state index is 4.20. The normalized spacial score (nSPS) is 12.4. The molecule has 0 saturated carbocycles. The number of hydrogen-bond acceptors (Lipinski definition) is 2. The zero-order chi connectivity index (χ0) is 13.5. The monoisotopic (exact) mass is 257 g/mol. The molecule has 5 nitrogen and oxygen atoms in total. The molecule has 0 spiro atoms. The first-order valence-electron chi connectivity index (χ1n) is 6.53. The molecule has 0 bridgehead atoms. The van der Waals surface area contributed by atoms with E-state index >= 15 is 0 Å². The third-order valence-corrected chi connectivity index (χ3v) is 2.85. The lowest BCUT2D eigenvalue weighted by molar-refractivity contribution is 0.584. The molecule has 5 heteroatoms. The Hall–Kier alpha value is -2.17. The fraction of sp³-hybridized carbons (Fsp3) is 0.357. The standard InChI is InChI=1S/C14H19N5/c1-3-4-10-19-12-11-18(2)14(19)16-17-15-13-8-6-5-7-9-13/h5-9,11-12H,3-4,10H2,1-2H3/b16-14+,17-15?. The van der Waals surface area contributed by atoms with Crippen LogP contribution in [0.2, 0.25) is 0 Å². The summed E-state index contributed by atoms with van der Waals surface area (Å²) in [6.07, 6.45) is 6.29. The van der Waals surface area contributed by atoms with Gasteiger partial charge in [0.15, 0.2) is 0 Å². The first kappa shape index (κ1) is 13.3. The van der Waals surface area contributed by atoms with Gasteiger partial charge in [-0.1, -0.05) is 36.6 Å². The molecule has 0 unspecified atom stereocenters. The van der Waals surface area contributed by atoms with E-state index in [1.54, 1.807) is 0 Å². The van der Waals surface area contributed by atoms with E-state index < -0.39 is 0 Å². The second kappa shape index (κ2) is 6.68. The van der Waals surface area contributed by atoms with Crippen molar-refractivity contribution in [3.05, 3.63) is 48.3 Å². The quantitative estimate of drug-likeness (QED) is 0.583. The number of hydrogen-bond donors (Lipinski definition) is 0. The van der Waals surface area contributed by atoms with Gasteiger partial charge in [-0.25, -0.2) is 0 Å². The molecule has 0 fully saturated rings. The highest BCUT2D eigenvalue weighted by molar-refractivity contribution is 5.34. The van der Waals surface area contributed by atoms with E-state index in [4.69, 9.17) is 0 Å². The third kappa shape index (κ3) is 3.64. The van der Waals surface area contributed by atoms with E-state index in [0.717, 1.165) is 30.7 Å². The number of aryl methyl sites for hydroxylation is 2. The van der Waals surface area contributed by atoms with Crippen LogP contribution in [-0.4, -0.2) is 9.13 Å². The highest BCUT2D eigenvalue weighted by Crippen LogP contribution is 2.09. The second-order valence-corrected chi connectivity index (χ2v) is 4.38. The van der Waals surface area contributed by atoms with Gasteiger partial charge in [0.25, 0.3) is 0 Å². The van der Waals surface area contributed by atoms with Gasteiger partial charge < -0.3 is 9.13 Å². The number of rotatable bonds is 5. The zero-order valence-corrected chi connectivity index (χ0v) is 11.4. The zero-order valence-electron chi connectivity index (χ0n) is 11.4. The average molecular weight is 257 g/mol. The van der Waals surface area contributed by atoms with Crippen molar-refractivity contribution in [1.29, 1.82) is 0 Å². The lowest BCUT2D eigenvalue weighted by Gasteiger charge is -1.99. The first-order chi connectivity index (χ1) is 9.31. The summed E-state index contributed by atoms with van der Waals surface area (Å²) in [7, 11) is 1.96. The maximum Gasteiger partial charge on any atom is 0.231 e. The minimum Gasteiger partial charge on any atom is -0.319 e. The molecule has 0 aliphatic heterocycles. The van der Waals surface area contributed by atoms with E-state index in [9.17, 15) is 0 Å². The summed E-state index contributed by atoms with van der Waals surface area (Å²) in [6, 6.07) is 9.60. The molecule has 1 aromatic carbocycles. The van der Waals surface area contributed by atoms with Gasteiger partial charge in [0.1, 0.15) is 0 Å². The molecular weight excluding hydrogens is 238 g/mol. The summed E-state index contributed by atoms with van der Waals surface area (Å²) in [5.74, 6) is 0. The molecule has 0 N–H and O–H groups in total. The van der Waals surface area contributed by atoms with Gasteiger partial charge >= 0.3 is 0 Å². The molecule has 19 heavy (non-hydrogen) atoms. The van der Waals surface area contributed by atoms with Crippen molar-refractivity contribution in [2.75, 3.05) is 0 Å². The Morgan fingerprint density at radius 3 is 2.63 bits per heavy atom. The average Bonchev–Trinajstić information content (AvgIpc) is 2.79. The molecule has 2 rings (SSSR count). The Kier molecular flexibility index (Phi) is 4.66. The van der Waals surface area contributed by atoms with Crippen molar-refractivity contribution in [2.45, 2.75) is 26.3 Å². The lowest BCUT2D eigenvalue weighted by Crippen LogP contribution is -2.23. The fourth-order valence-electron chi connectivity index (χ4n) is 1.76. The largest absolute Gasteiger partial charge is 0.319 e. The van der Waals surface area contributed by atoms with Crippen molar-refractivity contribution in [3.63, 3.8) is 0 Å². The number of unbranched alkanes of at least 4 members (excludes halogenated alkanes) is 1. The smallest absolute Gasteiger partial charge is 0.231 e. The Balaban J connectivity index is 2.19. The first-order valence-corrected chi connectivity index (χ1v) is 6.53. The molecule has 2 aromatic rings. The van der Waals surface area contributed by atoms with Crippen LogP contribution < -0.4 is 5.62 Å². The Bertz CT molecular complexity index is 592. The summed E-state index contributed by atoms with van der Waals surface area (Å²) in [6.45, 7) is 3.13. The molecule has 0 aliphatic rings. The van der Waals surface area contributed by atoms with Crippen LogP contribution in [0.25, 0.3) is 0 Å². The van der Waals surface area contributed by atoms with Crippen LogP contribution in [0.15, 0.2) is 58.2 Å². The Labute approximate surface area is 112 Å². The van der Waals surface area contributed by atoms with Gasteiger partial charge in [-0.3, -0.25) is 0 Å². The number of aromatic nitrogens is 2. The van der Waals surface area contributed by atoms with E-state index in [1.807, 2.05) is 54.3 Å². The topological polar surface area (TPSA) is 46.9 Å². The van der Waals surface area contributed by atoms with E-state index in [2.05, 4.69) is 26.9 Å². The van der Waals surface area contributed by atoms with Crippen LogP contribution in [0.4, 0.5) is 5.69 Å². The predicted octanol–water partition coefficient (Wildman–Crippen LogP) is 3.23. The van der Waals surface area contributed by atoms with Crippen molar-refractivity contribution < 1.29 is 0 Å². The van der Waals surface area contributed by atoms with Gasteiger partial charge in [0, 0.05) is 26.0 Å². The summed E-state index contributed by atoms with van der Waals surface area (Å²) in [4.78, 5) is 0. The number of nitrogens with zero attached hydrogens (tertiary/aromatic N) is 5. The van der Waals surface area contributed by atoms with Crippen molar-refractivity contribution in [3.8, 4) is 0 Å². The third-order valence-electron chi connectivity index (χ3n) is 2.85. The van der Waals surface area contributed by atoms with E-state index in [0.29, 0.717) is 0 Å². The molecule has 1 aromatic heterocycles. The molecular formula is C14H19N5. The Morgan fingerprint density at radius 2 is 1.89 bits per heavy atom. The van der Waals surface area contributed by atoms with Gasteiger partial charge in [-0.2, -0.15) is 0 Å². The van der Waals surface area contributed by atoms with Gasteiger partial charge in [0.2, 0.25) is 5.62 Å². The number of benzene rings is 1. The molecule has 0 atom stereocenters. The lowest BCUT2D eigenvalue weighted by atomic mass is 10.3. The summed E-state index contributed by atoms with van der Waals surface area (Å²) in [5.41, 5.74) is 1.62. The highest BCUT2D eigenvalue weighted by Gasteiger charge is 1.97. The molecule has 0 radical (unpaired) electrons. The van der Waals surface area contributed by atoms with E-state index in [-0.39, 0.29) is 0 Å². The number of imidazole rings is 1. The van der Waals surface area contributed by atoms with Gasteiger partial charge in [-0.05, 0) is 23.8 Å². The summed E-state index contributed by atoms with van der Waals surface area (Å²) < 4.78 is 4.03. The Morgan fingerprint density at radius 1 is 1.11 bits per heavy atom. The fourth-order valence-corrected chi connectivity index (χ4v) is 1.76. The predicted molar refractivity (Wildman–Crippen MR) is 74.8 cm³/mol. The minimum atomic E-state index is 0.806. The van der Waals surface area contributed by atoms with Crippen molar-refractivity contribution in [1.82, 2.24) is 9.13 Å². The van der Waals surface area contributed by atoms with E-state index in [1.165, 1.54) is 0 Å². The molecule has 0 saturated heterocycles. The highest BCUT2D eigenvalue weighted by atomic mass is 15.4. The SMILES string of the molecule is CCCCn1ccn(C)/c1=N\N=Nc1ccccc1. The summed E-state index contributed by atoms with van der Waals surface area (Å²) >= 11 is 0. The van der Waals surface area contributed by atoms with Crippen LogP contribution in [0.3, 0.4) is 0 Å². The molecule has 0 amide bonds. The second-order valence-electron chi connectivity index (χ2n) is 4.38. The molecule has 0 aliphatic carbocycles. The molecule has 100 valence electrons. The van der Waals surface area contributed by atoms with Crippen LogP contribution >= 0.6 is 0 Å². The van der Waals surface area contributed by atoms with Crippen LogP contribution in [-0.2, 0) is 13.6 Å². The van der Waals surface area contributed by atoms with Gasteiger partial charge in [0.05, 0.1) is 5.69 Å².